The SMILES string of the molecule is CCOC(=O)N1CCN(C(=O)[C@H]2CC23CCN(Cc2cccc(F)c2F)CC3)CC1. The molecule has 2 amide bonds. The van der Waals surface area contributed by atoms with Gasteiger partial charge in [0.2, 0.25) is 5.91 Å². The Morgan fingerprint density at radius 1 is 1.07 bits per heavy atom. The highest BCUT2D eigenvalue weighted by Crippen LogP contribution is 2.60. The third-order valence-corrected chi connectivity index (χ3v) is 6.88. The van der Waals surface area contributed by atoms with Crippen molar-refractivity contribution in [1.82, 2.24) is 14.7 Å². The summed E-state index contributed by atoms with van der Waals surface area (Å²) in [6.45, 7) is 6.23. The first-order chi connectivity index (χ1) is 14.4. The molecule has 0 radical (unpaired) electrons. The van der Waals surface area contributed by atoms with E-state index in [0.717, 1.165) is 38.4 Å². The molecule has 0 unspecified atom stereocenters. The van der Waals surface area contributed by atoms with E-state index in [1.807, 2.05) is 4.90 Å². The lowest BCUT2D eigenvalue weighted by molar-refractivity contribution is -0.135. The Labute approximate surface area is 175 Å². The van der Waals surface area contributed by atoms with Crippen LogP contribution in [0.25, 0.3) is 0 Å². The zero-order chi connectivity index (χ0) is 21.3. The molecule has 6 nitrogen and oxygen atoms in total. The van der Waals surface area contributed by atoms with Crippen molar-refractivity contribution in [3.8, 4) is 0 Å². The van der Waals surface area contributed by atoms with Crippen molar-refractivity contribution < 1.29 is 23.1 Å². The number of carbonyl (C=O) groups excluding carboxylic acids is 2. The van der Waals surface area contributed by atoms with Crippen molar-refractivity contribution in [2.24, 2.45) is 11.3 Å². The molecule has 1 atom stereocenters. The lowest BCUT2D eigenvalue weighted by atomic mass is 9.90. The van der Waals surface area contributed by atoms with E-state index in [1.165, 1.54) is 6.07 Å². The van der Waals surface area contributed by atoms with Crippen LogP contribution in [0.3, 0.4) is 0 Å². The van der Waals surface area contributed by atoms with Gasteiger partial charge in [0.25, 0.3) is 0 Å². The molecule has 0 N–H and O–H groups in total. The normalized spacial score (nSPS) is 23.5. The molecule has 2 aliphatic heterocycles. The predicted octanol–water partition coefficient (Wildman–Crippen LogP) is 2.87. The molecule has 2 saturated heterocycles. The molecule has 30 heavy (non-hydrogen) atoms. The van der Waals surface area contributed by atoms with E-state index in [2.05, 4.69) is 4.90 Å². The molecule has 1 aliphatic carbocycles. The van der Waals surface area contributed by atoms with Crippen LogP contribution in [0.4, 0.5) is 13.6 Å². The third kappa shape index (κ3) is 4.15. The van der Waals surface area contributed by atoms with Gasteiger partial charge in [-0.25, -0.2) is 13.6 Å². The second kappa shape index (κ2) is 8.49. The van der Waals surface area contributed by atoms with E-state index in [9.17, 15) is 18.4 Å². The molecular formula is C22H29F2N3O3. The average Bonchev–Trinajstić information content (AvgIpc) is 3.46. The van der Waals surface area contributed by atoms with Crippen LogP contribution < -0.4 is 0 Å². The molecule has 3 fully saturated rings. The summed E-state index contributed by atoms with van der Waals surface area (Å²) >= 11 is 0. The van der Waals surface area contributed by atoms with Crippen molar-refractivity contribution in [1.29, 1.82) is 0 Å². The number of ether oxygens (including phenoxy) is 1. The molecular weight excluding hydrogens is 392 g/mol. The summed E-state index contributed by atoms with van der Waals surface area (Å²) in [5.41, 5.74) is 0.445. The molecule has 0 bridgehead atoms. The van der Waals surface area contributed by atoms with Gasteiger partial charge in [-0.3, -0.25) is 9.69 Å². The Balaban J connectivity index is 1.25. The van der Waals surface area contributed by atoms with Gasteiger partial charge in [0, 0.05) is 44.2 Å². The van der Waals surface area contributed by atoms with Crippen LogP contribution in [-0.4, -0.2) is 72.6 Å². The van der Waals surface area contributed by atoms with Gasteiger partial charge in [-0.1, -0.05) is 12.1 Å². The highest BCUT2D eigenvalue weighted by Gasteiger charge is 2.59. The number of hydrogen-bond acceptors (Lipinski definition) is 4. The second-order valence-electron chi connectivity index (χ2n) is 8.62. The van der Waals surface area contributed by atoms with Crippen LogP contribution in [-0.2, 0) is 16.1 Å². The number of halogens is 2. The summed E-state index contributed by atoms with van der Waals surface area (Å²) in [6.07, 6.45) is 2.41. The summed E-state index contributed by atoms with van der Waals surface area (Å²) in [5, 5.41) is 0. The highest BCUT2D eigenvalue weighted by atomic mass is 19.2. The maximum atomic E-state index is 13.9. The minimum atomic E-state index is -0.808. The van der Waals surface area contributed by atoms with E-state index < -0.39 is 11.6 Å². The Bertz CT molecular complexity index is 803. The lowest BCUT2D eigenvalue weighted by Gasteiger charge is -2.36. The average molecular weight is 421 g/mol. The zero-order valence-electron chi connectivity index (χ0n) is 17.4. The summed E-state index contributed by atoms with van der Waals surface area (Å²) in [5.74, 6) is -1.32. The highest BCUT2D eigenvalue weighted by molar-refractivity contribution is 5.83. The molecule has 1 aromatic rings. The number of hydrogen-bond donors (Lipinski definition) is 0. The third-order valence-electron chi connectivity index (χ3n) is 6.88. The summed E-state index contributed by atoms with van der Waals surface area (Å²) in [4.78, 5) is 30.5. The fraction of sp³-hybridized carbons (Fsp3) is 0.636. The molecule has 2 heterocycles. The van der Waals surface area contributed by atoms with E-state index in [-0.39, 0.29) is 23.3 Å². The summed E-state index contributed by atoms with van der Waals surface area (Å²) in [7, 11) is 0. The van der Waals surface area contributed by atoms with Gasteiger partial charge in [0.05, 0.1) is 6.61 Å². The van der Waals surface area contributed by atoms with E-state index in [0.29, 0.717) is 44.9 Å². The van der Waals surface area contributed by atoms with Crippen LogP contribution in [0, 0.1) is 23.0 Å². The van der Waals surface area contributed by atoms with Crippen molar-refractivity contribution in [2.45, 2.75) is 32.7 Å². The molecule has 3 aliphatic rings. The van der Waals surface area contributed by atoms with Crippen molar-refractivity contribution >= 4 is 12.0 Å². The van der Waals surface area contributed by atoms with Gasteiger partial charge in [-0.05, 0) is 50.8 Å². The molecule has 1 aromatic carbocycles. The maximum Gasteiger partial charge on any atom is 0.409 e. The minimum Gasteiger partial charge on any atom is -0.450 e. The van der Waals surface area contributed by atoms with Crippen molar-refractivity contribution in [3.63, 3.8) is 0 Å². The summed E-state index contributed by atoms with van der Waals surface area (Å²) < 4.78 is 32.4. The number of nitrogens with zero attached hydrogens (tertiary/aromatic N) is 3. The monoisotopic (exact) mass is 421 g/mol. The minimum absolute atomic E-state index is 0.0553. The van der Waals surface area contributed by atoms with Crippen LogP contribution in [0.5, 0.6) is 0 Å². The largest absolute Gasteiger partial charge is 0.450 e. The fourth-order valence-electron chi connectivity index (χ4n) is 4.86. The van der Waals surface area contributed by atoms with Crippen molar-refractivity contribution in [2.75, 3.05) is 45.9 Å². The van der Waals surface area contributed by atoms with Crippen LogP contribution in [0.2, 0.25) is 0 Å². The topological polar surface area (TPSA) is 53.1 Å². The maximum absolute atomic E-state index is 13.9. The first-order valence-corrected chi connectivity index (χ1v) is 10.8. The molecule has 1 spiro atoms. The van der Waals surface area contributed by atoms with Gasteiger partial charge in [-0.2, -0.15) is 0 Å². The first kappa shape index (κ1) is 21.0. The molecule has 164 valence electrons. The molecule has 1 saturated carbocycles. The number of carbonyl (C=O) groups is 2. The van der Waals surface area contributed by atoms with Gasteiger partial charge in [0.15, 0.2) is 11.6 Å². The number of benzene rings is 1. The number of rotatable bonds is 4. The standard InChI is InChI=1S/C22H29F2N3O3/c1-2-30-21(29)27-12-10-26(11-13-27)20(28)17-14-22(17)6-8-25(9-7-22)15-16-4-3-5-18(23)19(16)24/h3-5,17H,2,6-15H2,1H3/t17-/m1/s1. The Hall–Kier alpha value is -2.22. The Morgan fingerprint density at radius 2 is 1.73 bits per heavy atom. The fourth-order valence-corrected chi connectivity index (χ4v) is 4.86. The van der Waals surface area contributed by atoms with Gasteiger partial charge < -0.3 is 14.5 Å². The lowest BCUT2D eigenvalue weighted by Crippen LogP contribution is -2.51. The van der Waals surface area contributed by atoms with Crippen LogP contribution in [0.15, 0.2) is 18.2 Å². The van der Waals surface area contributed by atoms with Crippen LogP contribution in [0.1, 0.15) is 31.7 Å². The number of piperazine rings is 1. The first-order valence-electron chi connectivity index (χ1n) is 10.8. The van der Waals surface area contributed by atoms with Crippen molar-refractivity contribution in [3.05, 3.63) is 35.4 Å². The summed E-state index contributed by atoms with van der Waals surface area (Å²) in [6, 6.07) is 4.30. The van der Waals surface area contributed by atoms with Gasteiger partial charge in [0.1, 0.15) is 0 Å². The van der Waals surface area contributed by atoms with E-state index in [4.69, 9.17) is 4.74 Å². The van der Waals surface area contributed by atoms with E-state index >= 15 is 0 Å². The van der Waals surface area contributed by atoms with Gasteiger partial charge >= 0.3 is 6.09 Å². The second-order valence-corrected chi connectivity index (χ2v) is 8.62. The van der Waals surface area contributed by atoms with E-state index in [1.54, 1.807) is 17.9 Å². The van der Waals surface area contributed by atoms with Crippen LogP contribution >= 0.6 is 0 Å². The molecule has 8 heteroatoms. The zero-order valence-corrected chi connectivity index (χ0v) is 17.4. The molecule has 0 aromatic heterocycles. The smallest absolute Gasteiger partial charge is 0.409 e. The quantitative estimate of drug-likeness (QED) is 0.750. The predicted molar refractivity (Wildman–Crippen MR) is 107 cm³/mol. The molecule has 4 rings (SSSR count). The van der Waals surface area contributed by atoms with Gasteiger partial charge in [-0.15, -0.1) is 0 Å². The number of likely N-dealkylation sites (tertiary alicyclic amines) is 1. The Morgan fingerprint density at radius 3 is 2.40 bits per heavy atom. The number of piperidine rings is 1. The Kier molecular flexibility index (Phi) is 5.95. The number of amides is 2.